The fourth-order valence-corrected chi connectivity index (χ4v) is 1.83. The molecule has 82 valence electrons. The summed E-state index contributed by atoms with van der Waals surface area (Å²) in [5, 5.41) is 0. The summed E-state index contributed by atoms with van der Waals surface area (Å²) in [4.78, 5) is 0. The van der Waals surface area contributed by atoms with Gasteiger partial charge in [0, 0.05) is 11.3 Å². The molecule has 0 amide bonds. The quantitative estimate of drug-likeness (QED) is 0.745. The zero-order valence-corrected chi connectivity index (χ0v) is 9.77. The number of nitrogen functional groups attached to an aromatic ring is 1. The van der Waals surface area contributed by atoms with Gasteiger partial charge in [0.05, 0.1) is 0 Å². The van der Waals surface area contributed by atoms with Gasteiger partial charge < -0.3 is 5.73 Å². The van der Waals surface area contributed by atoms with Crippen LogP contribution in [0.1, 0.15) is 25.3 Å². The summed E-state index contributed by atoms with van der Waals surface area (Å²) in [6.07, 6.45) is 0. The molecule has 0 unspecified atom stereocenters. The van der Waals surface area contributed by atoms with Crippen LogP contribution in [0.2, 0.25) is 0 Å². The van der Waals surface area contributed by atoms with E-state index < -0.39 is 0 Å². The van der Waals surface area contributed by atoms with Gasteiger partial charge in [-0.3, -0.25) is 0 Å². The van der Waals surface area contributed by atoms with Gasteiger partial charge in [0.1, 0.15) is 0 Å². The monoisotopic (exact) mass is 211 g/mol. The Kier molecular flexibility index (Phi) is 2.95. The minimum Gasteiger partial charge on any atom is -0.398 e. The fourth-order valence-electron chi connectivity index (χ4n) is 1.83. The highest BCUT2D eigenvalue weighted by molar-refractivity contribution is 5.76. The number of benzene rings is 2. The minimum atomic E-state index is 0.546. The summed E-state index contributed by atoms with van der Waals surface area (Å²) < 4.78 is 0. The second-order valence-corrected chi connectivity index (χ2v) is 4.37. The van der Waals surface area contributed by atoms with Gasteiger partial charge in [0.25, 0.3) is 0 Å². The van der Waals surface area contributed by atoms with Gasteiger partial charge >= 0.3 is 0 Å². The fraction of sp³-hybridized carbons (Fsp3) is 0.200. The molecule has 0 heterocycles. The van der Waals surface area contributed by atoms with Crippen molar-refractivity contribution < 1.29 is 0 Å². The zero-order valence-electron chi connectivity index (χ0n) is 9.77. The minimum absolute atomic E-state index is 0.546. The number of hydrogen-bond acceptors (Lipinski definition) is 1. The topological polar surface area (TPSA) is 26.0 Å². The highest BCUT2D eigenvalue weighted by atomic mass is 14.6. The van der Waals surface area contributed by atoms with Crippen molar-refractivity contribution in [1.82, 2.24) is 0 Å². The van der Waals surface area contributed by atoms with Crippen LogP contribution in [0.3, 0.4) is 0 Å². The average molecular weight is 211 g/mol. The molecule has 1 nitrogen and oxygen atoms in total. The number of hydrogen-bond donors (Lipinski definition) is 1. The number of rotatable bonds is 2. The highest BCUT2D eigenvalue weighted by Crippen LogP contribution is 2.27. The summed E-state index contributed by atoms with van der Waals surface area (Å²) in [6.45, 7) is 4.40. The molecule has 0 aliphatic rings. The van der Waals surface area contributed by atoms with Crippen molar-refractivity contribution >= 4 is 5.69 Å². The van der Waals surface area contributed by atoms with E-state index in [4.69, 9.17) is 5.73 Å². The summed E-state index contributed by atoms with van der Waals surface area (Å²) in [7, 11) is 0. The van der Waals surface area contributed by atoms with Gasteiger partial charge in [0.15, 0.2) is 0 Å². The summed E-state index contributed by atoms with van der Waals surface area (Å²) in [5.41, 5.74) is 10.5. The summed E-state index contributed by atoms with van der Waals surface area (Å²) in [5.74, 6) is 0.546. The normalized spacial score (nSPS) is 10.7. The van der Waals surface area contributed by atoms with Crippen molar-refractivity contribution in [2.24, 2.45) is 0 Å². The lowest BCUT2D eigenvalue weighted by Crippen LogP contribution is -1.91. The van der Waals surface area contributed by atoms with Gasteiger partial charge in [-0.05, 0) is 23.1 Å². The molecule has 0 radical (unpaired) electrons. The van der Waals surface area contributed by atoms with Crippen LogP contribution in [-0.4, -0.2) is 0 Å². The largest absolute Gasteiger partial charge is 0.398 e. The molecule has 2 aromatic carbocycles. The third kappa shape index (κ3) is 2.08. The number of para-hydroxylation sites is 1. The van der Waals surface area contributed by atoms with Crippen LogP contribution in [0.15, 0.2) is 48.5 Å². The van der Waals surface area contributed by atoms with E-state index in [-0.39, 0.29) is 0 Å². The lowest BCUT2D eigenvalue weighted by atomic mass is 9.97. The third-order valence-corrected chi connectivity index (χ3v) is 2.83. The molecule has 0 saturated heterocycles. The molecule has 0 saturated carbocycles. The van der Waals surface area contributed by atoms with Gasteiger partial charge in [-0.1, -0.05) is 56.3 Å². The van der Waals surface area contributed by atoms with Crippen LogP contribution in [0.25, 0.3) is 11.1 Å². The molecule has 2 rings (SSSR count). The Morgan fingerprint density at radius 1 is 0.938 bits per heavy atom. The lowest BCUT2D eigenvalue weighted by Gasteiger charge is -2.09. The van der Waals surface area contributed by atoms with Crippen molar-refractivity contribution in [3.8, 4) is 11.1 Å². The van der Waals surface area contributed by atoms with Gasteiger partial charge in [-0.2, -0.15) is 0 Å². The van der Waals surface area contributed by atoms with Gasteiger partial charge in [0.2, 0.25) is 0 Å². The maximum Gasteiger partial charge on any atom is 0.0393 e. The van der Waals surface area contributed by atoms with Gasteiger partial charge in [-0.15, -0.1) is 0 Å². The predicted molar refractivity (Wildman–Crippen MR) is 70.4 cm³/mol. The van der Waals surface area contributed by atoms with Crippen LogP contribution < -0.4 is 5.73 Å². The van der Waals surface area contributed by atoms with Crippen molar-refractivity contribution in [2.75, 3.05) is 5.73 Å². The van der Waals surface area contributed by atoms with Gasteiger partial charge in [-0.25, -0.2) is 0 Å². The molecular formula is C15H17N. The average Bonchev–Trinajstić information content (AvgIpc) is 2.30. The SMILES string of the molecule is CC(C)c1cccc(-c2ccccc2N)c1. The van der Waals surface area contributed by atoms with Crippen molar-refractivity contribution in [3.05, 3.63) is 54.1 Å². The molecule has 0 fully saturated rings. The molecular weight excluding hydrogens is 194 g/mol. The Bertz CT molecular complexity index is 486. The molecule has 0 bridgehead atoms. The molecule has 2 aromatic rings. The van der Waals surface area contributed by atoms with Crippen LogP contribution in [-0.2, 0) is 0 Å². The van der Waals surface area contributed by atoms with E-state index >= 15 is 0 Å². The molecule has 2 N–H and O–H groups in total. The molecule has 0 atom stereocenters. The van der Waals surface area contributed by atoms with E-state index in [0.29, 0.717) is 5.92 Å². The Hall–Kier alpha value is -1.76. The van der Waals surface area contributed by atoms with E-state index in [1.807, 2.05) is 18.2 Å². The van der Waals surface area contributed by atoms with Crippen LogP contribution in [0, 0.1) is 0 Å². The Morgan fingerprint density at radius 2 is 1.69 bits per heavy atom. The smallest absolute Gasteiger partial charge is 0.0393 e. The first-order chi connectivity index (χ1) is 7.68. The van der Waals surface area contributed by atoms with E-state index in [0.717, 1.165) is 11.3 Å². The van der Waals surface area contributed by atoms with Crippen LogP contribution in [0.4, 0.5) is 5.69 Å². The van der Waals surface area contributed by atoms with Crippen LogP contribution >= 0.6 is 0 Å². The number of nitrogens with two attached hydrogens (primary N) is 1. The molecule has 0 spiro atoms. The molecule has 0 aliphatic carbocycles. The number of anilines is 1. The second kappa shape index (κ2) is 4.40. The predicted octanol–water partition coefficient (Wildman–Crippen LogP) is 4.06. The maximum atomic E-state index is 5.98. The van der Waals surface area contributed by atoms with E-state index in [9.17, 15) is 0 Å². The van der Waals surface area contributed by atoms with Crippen molar-refractivity contribution in [3.63, 3.8) is 0 Å². The first-order valence-electron chi connectivity index (χ1n) is 5.63. The zero-order chi connectivity index (χ0) is 11.5. The second-order valence-electron chi connectivity index (χ2n) is 4.37. The first-order valence-corrected chi connectivity index (χ1v) is 5.63. The molecule has 1 heteroatoms. The Morgan fingerprint density at radius 3 is 2.38 bits per heavy atom. The Balaban J connectivity index is 2.49. The standard InChI is InChI=1S/C15H17N/c1-11(2)12-6-5-7-13(10-12)14-8-3-4-9-15(14)16/h3-11H,16H2,1-2H3. The summed E-state index contributed by atoms with van der Waals surface area (Å²) >= 11 is 0. The maximum absolute atomic E-state index is 5.98. The van der Waals surface area contributed by atoms with Crippen molar-refractivity contribution in [1.29, 1.82) is 0 Å². The third-order valence-electron chi connectivity index (χ3n) is 2.83. The van der Waals surface area contributed by atoms with Crippen molar-refractivity contribution in [2.45, 2.75) is 19.8 Å². The highest BCUT2D eigenvalue weighted by Gasteiger charge is 2.04. The molecule has 16 heavy (non-hydrogen) atoms. The Labute approximate surface area is 96.9 Å². The van der Waals surface area contributed by atoms with E-state index in [2.05, 4.69) is 44.2 Å². The molecule has 0 aromatic heterocycles. The first kappa shape index (κ1) is 10.7. The lowest BCUT2D eigenvalue weighted by molar-refractivity contribution is 0.867. The van der Waals surface area contributed by atoms with Crippen LogP contribution in [0.5, 0.6) is 0 Å². The van der Waals surface area contributed by atoms with E-state index in [1.165, 1.54) is 11.1 Å². The summed E-state index contributed by atoms with van der Waals surface area (Å²) in [6, 6.07) is 16.6. The van der Waals surface area contributed by atoms with E-state index in [1.54, 1.807) is 0 Å². The molecule has 0 aliphatic heterocycles.